The molecule has 6 heteroatoms. The third-order valence-electron chi connectivity index (χ3n) is 3.73. The Balaban J connectivity index is 1.53. The number of amides is 2. The first-order valence-corrected chi connectivity index (χ1v) is 8.33. The molecule has 0 aliphatic carbocycles. The van der Waals surface area contributed by atoms with Crippen LogP contribution in [0.1, 0.15) is 22.3 Å². The molecule has 0 radical (unpaired) electrons. The summed E-state index contributed by atoms with van der Waals surface area (Å²) in [7, 11) is 0. The molecular weight excluding hydrogens is 370 g/mol. The standard InChI is InChI=1S/C18H16BrN3O2/c19-15-7-3-1-6-14(15)18(24)22-21-17(23)10-9-12-11-20-16-8-4-2-5-13(12)16/h1-8,11,20H,9-10H2,(H,21,23)(H,22,24). The van der Waals surface area contributed by atoms with E-state index in [1.165, 1.54) is 0 Å². The number of aryl methyl sites for hydroxylation is 1. The summed E-state index contributed by atoms with van der Waals surface area (Å²) >= 11 is 3.31. The van der Waals surface area contributed by atoms with Gasteiger partial charge in [-0.25, -0.2) is 0 Å². The van der Waals surface area contributed by atoms with Crippen LogP contribution in [-0.4, -0.2) is 16.8 Å². The summed E-state index contributed by atoms with van der Waals surface area (Å²) in [6.07, 6.45) is 2.80. The van der Waals surface area contributed by atoms with E-state index in [1.54, 1.807) is 18.2 Å². The summed E-state index contributed by atoms with van der Waals surface area (Å²) in [6.45, 7) is 0. The minimum Gasteiger partial charge on any atom is -0.361 e. The molecule has 0 fully saturated rings. The van der Waals surface area contributed by atoms with Crippen LogP contribution < -0.4 is 10.9 Å². The number of H-pyrrole nitrogens is 1. The van der Waals surface area contributed by atoms with Crippen molar-refractivity contribution in [3.8, 4) is 0 Å². The quantitative estimate of drug-likeness (QED) is 0.602. The number of hydrogen-bond acceptors (Lipinski definition) is 2. The van der Waals surface area contributed by atoms with E-state index in [0.717, 1.165) is 16.5 Å². The van der Waals surface area contributed by atoms with Crippen molar-refractivity contribution in [3.05, 3.63) is 70.3 Å². The smallest absolute Gasteiger partial charge is 0.270 e. The predicted molar refractivity (Wildman–Crippen MR) is 96.4 cm³/mol. The topological polar surface area (TPSA) is 74.0 Å². The van der Waals surface area contributed by atoms with Gasteiger partial charge in [-0.1, -0.05) is 30.3 Å². The molecule has 0 atom stereocenters. The van der Waals surface area contributed by atoms with Gasteiger partial charge in [0.2, 0.25) is 5.91 Å². The van der Waals surface area contributed by atoms with Crippen LogP contribution in [0.15, 0.2) is 59.2 Å². The second-order valence-corrected chi connectivity index (χ2v) is 6.20. The molecule has 2 amide bonds. The number of carbonyl (C=O) groups is 2. The van der Waals surface area contributed by atoms with E-state index in [0.29, 0.717) is 16.5 Å². The van der Waals surface area contributed by atoms with Crippen molar-refractivity contribution in [3.63, 3.8) is 0 Å². The molecular formula is C18H16BrN3O2. The fourth-order valence-corrected chi connectivity index (χ4v) is 2.95. The monoisotopic (exact) mass is 385 g/mol. The number of aromatic amines is 1. The molecule has 0 spiro atoms. The van der Waals surface area contributed by atoms with Gasteiger partial charge in [0.15, 0.2) is 0 Å². The molecule has 3 rings (SSSR count). The largest absolute Gasteiger partial charge is 0.361 e. The summed E-state index contributed by atoms with van der Waals surface area (Å²) in [5.74, 6) is -0.594. The number of aromatic nitrogens is 1. The molecule has 0 aliphatic heterocycles. The Bertz CT molecular complexity index is 889. The summed E-state index contributed by atoms with van der Waals surface area (Å²) in [5.41, 5.74) is 7.48. The maximum atomic E-state index is 12.0. The van der Waals surface area contributed by atoms with Gasteiger partial charge in [-0.05, 0) is 46.1 Å². The Morgan fingerprint density at radius 2 is 1.75 bits per heavy atom. The summed E-state index contributed by atoms with van der Waals surface area (Å²) in [5, 5.41) is 1.11. The number of hydrogen-bond donors (Lipinski definition) is 3. The third-order valence-corrected chi connectivity index (χ3v) is 4.42. The van der Waals surface area contributed by atoms with Gasteiger partial charge in [0.1, 0.15) is 0 Å². The Hall–Kier alpha value is -2.60. The van der Waals surface area contributed by atoms with Crippen LogP contribution in [-0.2, 0) is 11.2 Å². The van der Waals surface area contributed by atoms with Gasteiger partial charge in [-0.15, -0.1) is 0 Å². The molecule has 0 aliphatic rings. The molecule has 0 unspecified atom stereocenters. The minimum absolute atomic E-state index is 0.235. The van der Waals surface area contributed by atoms with Gasteiger partial charge in [-0.3, -0.25) is 20.4 Å². The van der Waals surface area contributed by atoms with E-state index in [-0.39, 0.29) is 18.2 Å². The zero-order valence-corrected chi connectivity index (χ0v) is 14.4. The second-order valence-electron chi connectivity index (χ2n) is 5.34. The third kappa shape index (κ3) is 3.65. The molecule has 24 heavy (non-hydrogen) atoms. The summed E-state index contributed by atoms with van der Waals surface area (Å²) < 4.78 is 0.676. The lowest BCUT2D eigenvalue weighted by Gasteiger charge is -2.08. The number of carbonyl (C=O) groups excluding carboxylic acids is 2. The molecule has 1 heterocycles. The van der Waals surface area contributed by atoms with E-state index in [9.17, 15) is 9.59 Å². The minimum atomic E-state index is -0.358. The summed E-state index contributed by atoms with van der Waals surface area (Å²) in [6, 6.07) is 15.0. The lowest BCUT2D eigenvalue weighted by molar-refractivity contribution is -0.121. The Morgan fingerprint density at radius 1 is 1.00 bits per heavy atom. The molecule has 5 nitrogen and oxygen atoms in total. The van der Waals surface area contributed by atoms with Crippen LogP contribution in [0.3, 0.4) is 0 Å². The maximum absolute atomic E-state index is 12.0. The second kappa shape index (κ2) is 7.31. The first kappa shape index (κ1) is 16.3. The zero-order chi connectivity index (χ0) is 16.9. The first-order valence-electron chi connectivity index (χ1n) is 7.54. The number of halogens is 1. The summed E-state index contributed by atoms with van der Waals surface area (Å²) in [4.78, 5) is 27.1. The van der Waals surface area contributed by atoms with Gasteiger partial charge >= 0.3 is 0 Å². The number of fused-ring (bicyclic) bond motifs is 1. The van der Waals surface area contributed by atoms with Crippen LogP contribution in [0, 0.1) is 0 Å². The normalized spacial score (nSPS) is 10.5. The van der Waals surface area contributed by atoms with Crippen molar-refractivity contribution in [1.82, 2.24) is 15.8 Å². The highest BCUT2D eigenvalue weighted by Gasteiger charge is 2.11. The van der Waals surface area contributed by atoms with Gasteiger partial charge in [0.25, 0.3) is 5.91 Å². The van der Waals surface area contributed by atoms with Gasteiger partial charge in [0.05, 0.1) is 5.56 Å². The molecule has 0 bridgehead atoms. The highest BCUT2D eigenvalue weighted by Crippen LogP contribution is 2.19. The zero-order valence-electron chi connectivity index (χ0n) is 12.8. The number of benzene rings is 2. The van der Waals surface area contributed by atoms with Gasteiger partial charge in [-0.2, -0.15) is 0 Å². The SMILES string of the molecule is O=C(CCc1c[nH]c2ccccc12)NNC(=O)c1ccccc1Br. The van der Waals surface area contributed by atoms with Crippen molar-refractivity contribution in [2.45, 2.75) is 12.8 Å². The average molecular weight is 386 g/mol. The van der Waals surface area contributed by atoms with E-state index >= 15 is 0 Å². The molecule has 2 aromatic carbocycles. The molecule has 3 aromatic rings. The molecule has 1 aromatic heterocycles. The average Bonchev–Trinajstić information content (AvgIpc) is 3.01. The Kier molecular flexibility index (Phi) is 4.96. The van der Waals surface area contributed by atoms with Crippen LogP contribution >= 0.6 is 15.9 Å². The maximum Gasteiger partial charge on any atom is 0.270 e. The fraction of sp³-hybridized carbons (Fsp3) is 0.111. The molecule has 3 N–H and O–H groups in total. The van der Waals surface area contributed by atoms with Gasteiger partial charge in [0, 0.05) is 28.0 Å². The van der Waals surface area contributed by atoms with Crippen molar-refractivity contribution in [2.75, 3.05) is 0 Å². The van der Waals surface area contributed by atoms with E-state index in [2.05, 4.69) is 31.8 Å². The van der Waals surface area contributed by atoms with Crippen LogP contribution in [0.2, 0.25) is 0 Å². The lowest BCUT2D eigenvalue weighted by atomic mass is 10.1. The van der Waals surface area contributed by atoms with Crippen molar-refractivity contribution in [2.24, 2.45) is 0 Å². The Labute approximate surface area is 147 Å². The van der Waals surface area contributed by atoms with Crippen molar-refractivity contribution >= 4 is 38.6 Å². The van der Waals surface area contributed by atoms with Crippen LogP contribution in [0.4, 0.5) is 0 Å². The van der Waals surface area contributed by atoms with E-state index < -0.39 is 0 Å². The lowest BCUT2D eigenvalue weighted by Crippen LogP contribution is -2.41. The van der Waals surface area contributed by atoms with Crippen LogP contribution in [0.5, 0.6) is 0 Å². The van der Waals surface area contributed by atoms with Gasteiger partial charge < -0.3 is 4.98 Å². The number of nitrogens with one attached hydrogen (secondary N) is 3. The van der Waals surface area contributed by atoms with E-state index in [1.807, 2.05) is 36.5 Å². The highest BCUT2D eigenvalue weighted by atomic mass is 79.9. The number of rotatable bonds is 4. The highest BCUT2D eigenvalue weighted by molar-refractivity contribution is 9.10. The number of hydrazine groups is 1. The van der Waals surface area contributed by atoms with Crippen LogP contribution in [0.25, 0.3) is 10.9 Å². The Morgan fingerprint density at radius 3 is 2.58 bits per heavy atom. The number of para-hydroxylation sites is 1. The molecule has 0 saturated carbocycles. The van der Waals surface area contributed by atoms with Crippen molar-refractivity contribution in [1.29, 1.82) is 0 Å². The fourth-order valence-electron chi connectivity index (χ4n) is 2.49. The molecule has 122 valence electrons. The predicted octanol–water partition coefficient (Wildman–Crippen LogP) is 3.32. The first-order chi connectivity index (χ1) is 11.6. The van der Waals surface area contributed by atoms with Crippen molar-refractivity contribution < 1.29 is 9.59 Å². The molecule has 0 saturated heterocycles. The van der Waals surface area contributed by atoms with E-state index in [4.69, 9.17) is 0 Å².